The number of aliphatic hydroxyl groups excluding tert-OH is 1. The molecule has 12 nitrogen and oxygen atoms in total. The summed E-state index contributed by atoms with van der Waals surface area (Å²) in [7, 11) is 0. The number of carboxylic acid groups (broad SMARTS) is 4. The average molecular weight is 479 g/mol. The Morgan fingerprint density at radius 1 is 0.969 bits per heavy atom. The first-order valence-corrected chi connectivity index (χ1v) is 10.6. The Bertz CT molecular complexity index is 642. The number of rotatable bonds is 8. The van der Waals surface area contributed by atoms with E-state index in [1.54, 1.807) is 11.3 Å². The molecule has 0 spiro atoms. The van der Waals surface area contributed by atoms with Crippen LogP contribution in [0.15, 0.2) is 17.5 Å². The van der Waals surface area contributed by atoms with Crippen molar-refractivity contribution in [3.63, 3.8) is 0 Å². The van der Waals surface area contributed by atoms with Crippen LogP contribution < -0.4 is 0 Å². The van der Waals surface area contributed by atoms with Gasteiger partial charge in [0, 0.05) is 37.6 Å². The second kappa shape index (κ2) is 17.0. The first-order chi connectivity index (χ1) is 15.1. The van der Waals surface area contributed by atoms with Gasteiger partial charge < -0.3 is 35.2 Å². The summed E-state index contributed by atoms with van der Waals surface area (Å²) in [5.74, 6) is -7.30. The lowest BCUT2D eigenvalue weighted by Crippen LogP contribution is -2.49. The monoisotopic (exact) mass is 478 g/mol. The van der Waals surface area contributed by atoms with Crippen LogP contribution in [-0.2, 0) is 30.5 Å². The summed E-state index contributed by atoms with van der Waals surface area (Å²) in [4.78, 5) is 42.4. The molecular weight excluding hydrogens is 448 g/mol. The second-order valence-electron chi connectivity index (χ2n) is 6.61. The fourth-order valence-corrected chi connectivity index (χ4v) is 3.19. The third kappa shape index (κ3) is 15.3. The highest BCUT2D eigenvalue weighted by Gasteiger charge is 2.18. The number of hydrogen-bond acceptors (Lipinski definition) is 9. The minimum atomic E-state index is -1.82. The molecule has 182 valence electrons. The number of thiophene rings is 1. The average Bonchev–Trinajstić information content (AvgIpc) is 3.24. The van der Waals surface area contributed by atoms with Crippen molar-refractivity contribution in [1.82, 2.24) is 9.80 Å². The van der Waals surface area contributed by atoms with Gasteiger partial charge in [-0.3, -0.25) is 4.90 Å². The zero-order valence-corrected chi connectivity index (χ0v) is 18.6. The van der Waals surface area contributed by atoms with Gasteiger partial charge >= 0.3 is 23.9 Å². The molecule has 0 aliphatic carbocycles. The van der Waals surface area contributed by atoms with Crippen molar-refractivity contribution < 1.29 is 49.4 Å². The maximum atomic E-state index is 10.0. The third-order valence-electron chi connectivity index (χ3n) is 3.97. The van der Waals surface area contributed by atoms with E-state index in [1.807, 2.05) is 11.4 Å². The van der Waals surface area contributed by atoms with E-state index in [-0.39, 0.29) is 6.10 Å². The Balaban J connectivity index is 0.000000662. The van der Waals surface area contributed by atoms with Gasteiger partial charge in [-0.25, -0.2) is 19.2 Å². The lowest BCUT2D eigenvalue weighted by atomic mass is 10.2. The van der Waals surface area contributed by atoms with Gasteiger partial charge in [0.25, 0.3) is 0 Å². The number of aliphatic carboxylic acids is 4. The van der Waals surface area contributed by atoms with Crippen LogP contribution in [0.5, 0.6) is 0 Å². The van der Waals surface area contributed by atoms with E-state index in [4.69, 9.17) is 44.3 Å². The van der Waals surface area contributed by atoms with Crippen LogP contribution in [0.3, 0.4) is 0 Å². The first-order valence-electron chi connectivity index (χ1n) is 9.72. The van der Waals surface area contributed by atoms with E-state index in [1.165, 1.54) is 17.8 Å². The first kappa shape index (κ1) is 29.4. The molecule has 1 saturated heterocycles. The number of nitrogens with zero attached hydrogens (tertiary/aromatic N) is 2. The number of piperazine rings is 1. The third-order valence-corrected chi connectivity index (χ3v) is 4.82. The molecule has 1 fully saturated rings. The Morgan fingerprint density at radius 3 is 1.88 bits per heavy atom. The van der Waals surface area contributed by atoms with E-state index in [2.05, 4.69) is 22.8 Å². The molecule has 1 aromatic heterocycles. The van der Waals surface area contributed by atoms with E-state index in [0.29, 0.717) is 13.2 Å². The SMILES string of the molecule is CCCN1CCN(CC(O)COCc2cccs2)CC1.O=C(O)C(=O)O.O=C(O)C(=O)O. The second-order valence-corrected chi connectivity index (χ2v) is 7.64. The minimum absolute atomic E-state index is 0.382. The summed E-state index contributed by atoms with van der Waals surface area (Å²) in [6.45, 7) is 9.54. The van der Waals surface area contributed by atoms with Gasteiger partial charge in [0.2, 0.25) is 0 Å². The molecule has 1 atom stereocenters. The summed E-state index contributed by atoms with van der Waals surface area (Å²) >= 11 is 1.69. The van der Waals surface area contributed by atoms with Crippen LogP contribution in [0.25, 0.3) is 0 Å². The van der Waals surface area contributed by atoms with Crippen LogP contribution >= 0.6 is 11.3 Å². The number of β-amino-alcohol motifs (C(OH)–C–C–N with tert-alkyl or cyclic N) is 1. The summed E-state index contributed by atoms with van der Waals surface area (Å²) in [5.41, 5.74) is 0. The summed E-state index contributed by atoms with van der Waals surface area (Å²) in [6, 6.07) is 4.08. The maximum Gasteiger partial charge on any atom is 0.414 e. The normalized spacial score (nSPS) is 14.8. The van der Waals surface area contributed by atoms with E-state index >= 15 is 0 Å². The van der Waals surface area contributed by atoms with Crippen molar-refractivity contribution in [3.8, 4) is 0 Å². The molecular formula is C19H30N2O10S. The Hall–Kier alpha value is -2.58. The highest BCUT2D eigenvalue weighted by molar-refractivity contribution is 7.09. The molecule has 0 radical (unpaired) electrons. The maximum absolute atomic E-state index is 10.0. The molecule has 1 aliphatic rings. The van der Waals surface area contributed by atoms with Crippen molar-refractivity contribution in [2.75, 3.05) is 45.9 Å². The zero-order valence-electron chi connectivity index (χ0n) is 17.8. The van der Waals surface area contributed by atoms with Gasteiger partial charge in [-0.1, -0.05) is 13.0 Å². The molecule has 1 aliphatic heterocycles. The van der Waals surface area contributed by atoms with Crippen LogP contribution in [0.4, 0.5) is 0 Å². The molecule has 0 bridgehead atoms. The molecule has 2 heterocycles. The van der Waals surface area contributed by atoms with Crippen molar-refractivity contribution in [2.24, 2.45) is 0 Å². The Kier molecular flexibility index (Phi) is 15.7. The molecule has 1 unspecified atom stereocenters. The summed E-state index contributed by atoms with van der Waals surface area (Å²) < 4.78 is 5.56. The smallest absolute Gasteiger partial charge is 0.414 e. The highest BCUT2D eigenvalue weighted by atomic mass is 32.1. The van der Waals surface area contributed by atoms with Gasteiger partial charge in [-0.05, 0) is 24.4 Å². The number of carboxylic acids is 4. The number of carbonyl (C=O) groups is 4. The van der Waals surface area contributed by atoms with Crippen molar-refractivity contribution in [2.45, 2.75) is 26.1 Å². The van der Waals surface area contributed by atoms with Gasteiger partial charge in [0.15, 0.2) is 0 Å². The molecule has 1 aromatic rings. The van der Waals surface area contributed by atoms with Crippen molar-refractivity contribution >= 4 is 35.2 Å². The summed E-state index contributed by atoms with van der Waals surface area (Å²) in [5, 5.41) is 41.6. The zero-order chi connectivity index (χ0) is 24.5. The lowest BCUT2D eigenvalue weighted by molar-refractivity contribution is -0.159. The minimum Gasteiger partial charge on any atom is -0.473 e. The molecule has 0 aromatic carbocycles. The predicted molar refractivity (Wildman–Crippen MR) is 114 cm³/mol. The van der Waals surface area contributed by atoms with Gasteiger partial charge in [0.05, 0.1) is 19.3 Å². The van der Waals surface area contributed by atoms with Crippen LogP contribution in [0, 0.1) is 0 Å². The molecule has 32 heavy (non-hydrogen) atoms. The van der Waals surface area contributed by atoms with Crippen LogP contribution in [0.2, 0.25) is 0 Å². The fourth-order valence-electron chi connectivity index (χ4n) is 2.55. The Morgan fingerprint density at radius 2 is 1.47 bits per heavy atom. The summed E-state index contributed by atoms with van der Waals surface area (Å²) in [6.07, 6.45) is 0.840. The molecule has 13 heteroatoms. The van der Waals surface area contributed by atoms with Gasteiger partial charge in [-0.15, -0.1) is 11.3 Å². The van der Waals surface area contributed by atoms with E-state index in [9.17, 15) is 5.11 Å². The predicted octanol–water partition coefficient (Wildman–Crippen LogP) is -0.0356. The van der Waals surface area contributed by atoms with E-state index < -0.39 is 23.9 Å². The number of ether oxygens (including phenoxy) is 1. The van der Waals surface area contributed by atoms with Crippen LogP contribution in [0.1, 0.15) is 18.2 Å². The number of hydrogen-bond donors (Lipinski definition) is 5. The largest absolute Gasteiger partial charge is 0.473 e. The Labute approximate surface area is 189 Å². The molecule has 5 N–H and O–H groups in total. The number of aliphatic hydroxyl groups is 1. The van der Waals surface area contributed by atoms with Crippen molar-refractivity contribution in [3.05, 3.63) is 22.4 Å². The van der Waals surface area contributed by atoms with E-state index in [0.717, 1.165) is 32.7 Å². The molecule has 2 rings (SSSR count). The quantitative estimate of drug-likeness (QED) is 0.315. The van der Waals surface area contributed by atoms with Crippen LogP contribution in [-0.4, -0.2) is 111 Å². The van der Waals surface area contributed by atoms with Gasteiger partial charge in [-0.2, -0.15) is 0 Å². The lowest BCUT2D eigenvalue weighted by Gasteiger charge is -2.35. The topological polar surface area (TPSA) is 185 Å². The molecule has 0 saturated carbocycles. The fraction of sp³-hybridized carbons (Fsp3) is 0.579. The molecule has 0 amide bonds. The van der Waals surface area contributed by atoms with Crippen molar-refractivity contribution in [1.29, 1.82) is 0 Å². The standard InChI is InChI=1S/C15H26N2O2S.2C2H2O4/c1-2-5-16-6-8-17(9-7-16)11-14(18)12-19-13-15-4-3-10-20-15;2*3-1(4)2(5)6/h3-4,10,14,18H,2,5-9,11-13H2,1H3;2*(H,3,4)(H,5,6). The van der Waals surface area contributed by atoms with Gasteiger partial charge in [0.1, 0.15) is 0 Å². The highest BCUT2D eigenvalue weighted by Crippen LogP contribution is 2.10.